The second kappa shape index (κ2) is 21.4. The lowest BCUT2D eigenvalue weighted by Gasteiger charge is -2.36. The maximum Gasteiger partial charge on any atom is 0.0500 e. The molecule has 1 nitrogen and oxygen atoms in total. The fraction of sp³-hybridized carbons (Fsp3) is 0.226. The largest absolute Gasteiger partial charge is 0.337 e. The minimum Gasteiger partial charge on any atom is -0.337 e. The van der Waals surface area contributed by atoms with Crippen molar-refractivity contribution in [3.63, 3.8) is 0 Å². The van der Waals surface area contributed by atoms with Gasteiger partial charge in [-0.1, -0.05) is 186 Å². The molecule has 63 heavy (non-hydrogen) atoms. The summed E-state index contributed by atoms with van der Waals surface area (Å²) in [5.74, 6) is 0. The first kappa shape index (κ1) is 47.4. The standard InChI is InChI=1S/C51H55N.C9H10.C2H2/c1-11-20-47-41(14-4)44-28-27-39(31-48(44)51(47,9)10)36(8)29-34(6)25-26-35(7)49(15-5)52-33-40-22-17-19-24-43(40)46-30-38(13-3)45(32-50(46)52)42-23-18-16-21-37(42)12-2;1-8(2)9-6-4-3-5-7-9;1-2/h11,14-24,26-32H,4,8,12-13,25,33H2,1-3,5-7,9-10H3;3-7H,1H2,2H3;1-2H/b20-11-,34-29+,35-26-,49-15+;;. The number of aryl methyl sites for hydroxylation is 2. The zero-order chi connectivity index (χ0) is 45.8. The number of fused-ring (bicyclic) bond motifs is 4. The molecule has 0 amide bonds. The Morgan fingerprint density at radius 3 is 1.98 bits per heavy atom. The number of anilines is 1. The number of terminal acetylenes is 1. The molecule has 0 N–H and O–H groups in total. The van der Waals surface area contributed by atoms with Gasteiger partial charge in [-0.25, -0.2) is 0 Å². The lowest BCUT2D eigenvalue weighted by Crippen LogP contribution is -2.27. The van der Waals surface area contributed by atoms with Crippen LogP contribution in [0.25, 0.3) is 39.0 Å². The minimum absolute atomic E-state index is 0.0883. The number of benzene rings is 5. The summed E-state index contributed by atoms with van der Waals surface area (Å²) in [5.41, 5.74) is 24.3. The molecule has 0 unspecified atom stereocenters. The summed E-state index contributed by atoms with van der Waals surface area (Å²) >= 11 is 0. The highest BCUT2D eigenvalue weighted by Gasteiger charge is 2.35. The fourth-order valence-electron chi connectivity index (χ4n) is 9.08. The molecule has 0 atom stereocenters. The molecule has 1 aliphatic carbocycles. The lowest BCUT2D eigenvalue weighted by atomic mass is 9.80. The Balaban J connectivity index is 0.000000599. The smallest absolute Gasteiger partial charge is 0.0500 e. The average molecular weight is 826 g/mol. The fourth-order valence-corrected chi connectivity index (χ4v) is 9.08. The SMILES string of the molecule is C#C.C=C(C)c1ccccc1.C=CC1=C(/C=C\C)C(C)(C)c2cc(C(=C)/C=C(\C)C/C=C(C)\C(=C/C)N3Cc4ccccc4-c4cc(CC)c(-c5ccccc5CC)cc43)ccc21. The highest BCUT2D eigenvalue weighted by Crippen LogP contribution is 2.49. The molecule has 2 aliphatic rings. The van der Waals surface area contributed by atoms with Crippen molar-refractivity contribution in [2.45, 2.75) is 93.5 Å². The predicted molar refractivity (Wildman–Crippen MR) is 280 cm³/mol. The third-order valence-electron chi connectivity index (χ3n) is 12.5. The highest BCUT2D eigenvalue weighted by molar-refractivity contribution is 5.91. The molecule has 1 heteroatoms. The first-order valence-electron chi connectivity index (χ1n) is 22.4. The van der Waals surface area contributed by atoms with Crippen molar-refractivity contribution in [2.24, 2.45) is 0 Å². The van der Waals surface area contributed by atoms with Crippen LogP contribution in [0.2, 0.25) is 0 Å². The maximum atomic E-state index is 4.53. The molecule has 7 rings (SSSR count). The monoisotopic (exact) mass is 826 g/mol. The second-order valence-corrected chi connectivity index (χ2v) is 17.0. The molecule has 1 aliphatic heterocycles. The molecule has 1 heterocycles. The number of rotatable bonds is 12. The molecule has 0 aromatic heterocycles. The van der Waals surface area contributed by atoms with Crippen molar-refractivity contribution < 1.29 is 0 Å². The Hall–Kier alpha value is -6.62. The van der Waals surface area contributed by atoms with Gasteiger partial charge in [-0.05, 0) is 150 Å². The van der Waals surface area contributed by atoms with Gasteiger partial charge in [0.1, 0.15) is 0 Å². The summed E-state index contributed by atoms with van der Waals surface area (Å²) in [6, 6.07) is 39.7. The van der Waals surface area contributed by atoms with E-state index < -0.39 is 0 Å². The average Bonchev–Trinajstić information content (AvgIpc) is 3.53. The molecule has 0 saturated heterocycles. The Labute approximate surface area is 381 Å². The highest BCUT2D eigenvalue weighted by atomic mass is 15.2. The van der Waals surface area contributed by atoms with Crippen molar-refractivity contribution >= 4 is 22.4 Å². The quantitative estimate of drug-likeness (QED) is 0.0895. The van der Waals surface area contributed by atoms with Gasteiger partial charge in [-0.3, -0.25) is 0 Å². The van der Waals surface area contributed by atoms with Crippen LogP contribution in [-0.4, -0.2) is 0 Å². The van der Waals surface area contributed by atoms with E-state index in [1.54, 1.807) is 0 Å². The molecule has 0 bridgehead atoms. The lowest BCUT2D eigenvalue weighted by molar-refractivity contribution is 0.654. The van der Waals surface area contributed by atoms with E-state index in [-0.39, 0.29) is 5.41 Å². The molecule has 320 valence electrons. The summed E-state index contributed by atoms with van der Waals surface area (Å²) in [5, 5.41) is 0. The van der Waals surface area contributed by atoms with Gasteiger partial charge in [0.05, 0.1) is 0 Å². The molecule has 5 aromatic carbocycles. The normalized spacial score (nSPS) is 14.1. The third-order valence-corrected chi connectivity index (χ3v) is 12.5. The summed E-state index contributed by atoms with van der Waals surface area (Å²) in [4.78, 5) is 2.54. The van der Waals surface area contributed by atoms with E-state index in [1.165, 1.54) is 94.9 Å². The van der Waals surface area contributed by atoms with Gasteiger partial charge in [0.25, 0.3) is 0 Å². The first-order valence-corrected chi connectivity index (χ1v) is 22.4. The molecular weight excluding hydrogens is 759 g/mol. The minimum atomic E-state index is -0.0883. The van der Waals surface area contributed by atoms with Gasteiger partial charge in [0.2, 0.25) is 0 Å². The Morgan fingerprint density at radius 1 is 0.714 bits per heavy atom. The van der Waals surface area contributed by atoms with Crippen LogP contribution in [-0.2, 0) is 24.8 Å². The molecule has 5 aromatic rings. The van der Waals surface area contributed by atoms with Crippen LogP contribution in [0.1, 0.15) is 108 Å². The predicted octanol–water partition coefficient (Wildman–Crippen LogP) is 17.1. The van der Waals surface area contributed by atoms with Gasteiger partial charge in [0, 0.05) is 28.9 Å². The van der Waals surface area contributed by atoms with Crippen LogP contribution in [0.3, 0.4) is 0 Å². The zero-order valence-electron chi connectivity index (χ0n) is 39.4. The second-order valence-electron chi connectivity index (χ2n) is 17.0. The molecule has 0 spiro atoms. The van der Waals surface area contributed by atoms with E-state index in [4.69, 9.17) is 0 Å². The van der Waals surface area contributed by atoms with Crippen molar-refractivity contribution in [3.8, 4) is 35.1 Å². The summed E-state index contributed by atoms with van der Waals surface area (Å²) in [6.45, 7) is 33.2. The number of hydrogen-bond acceptors (Lipinski definition) is 1. The molecule has 0 fully saturated rings. The van der Waals surface area contributed by atoms with Crippen LogP contribution in [0.5, 0.6) is 0 Å². The van der Waals surface area contributed by atoms with Crippen LogP contribution in [0, 0.1) is 12.8 Å². The van der Waals surface area contributed by atoms with Crippen molar-refractivity contribution in [1.29, 1.82) is 0 Å². The zero-order valence-corrected chi connectivity index (χ0v) is 39.4. The van der Waals surface area contributed by atoms with Crippen LogP contribution < -0.4 is 4.90 Å². The summed E-state index contributed by atoms with van der Waals surface area (Å²) < 4.78 is 0. The van der Waals surface area contributed by atoms with Gasteiger partial charge >= 0.3 is 0 Å². The van der Waals surface area contributed by atoms with E-state index in [9.17, 15) is 0 Å². The number of nitrogens with zero attached hydrogens (tertiary/aromatic N) is 1. The van der Waals surface area contributed by atoms with Crippen LogP contribution >= 0.6 is 0 Å². The Bertz CT molecular complexity index is 2660. The van der Waals surface area contributed by atoms with E-state index >= 15 is 0 Å². The number of allylic oxidation sites excluding steroid dienone is 12. The van der Waals surface area contributed by atoms with E-state index in [1.807, 2.05) is 31.2 Å². The van der Waals surface area contributed by atoms with Crippen molar-refractivity contribution in [2.75, 3.05) is 4.90 Å². The van der Waals surface area contributed by atoms with Crippen molar-refractivity contribution in [1.82, 2.24) is 0 Å². The molecule has 0 saturated carbocycles. The first-order chi connectivity index (χ1) is 30.4. The van der Waals surface area contributed by atoms with Crippen LogP contribution in [0.15, 0.2) is 188 Å². The maximum absolute atomic E-state index is 4.53. The topological polar surface area (TPSA) is 3.24 Å². The van der Waals surface area contributed by atoms with E-state index in [0.717, 1.165) is 37.0 Å². The van der Waals surface area contributed by atoms with Crippen molar-refractivity contribution in [3.05, 3.63) is 227 Å². The summed E-state index contributed by atoms with van der Waals surface area (Å²) in [7, 11) is 0. The number of hydrogen-bond donors (Lipinski definition) is 0. The Kier molecular flexibility index (Phi) is 16.1. The van der Waals surface area contributed by atoms with Gasteiger partial charge in [-0.15, -0.1) is 12.8 Å². The third kappa shape index (κ3) is 10.2. The van der Waals surface area contributed by atoms with Gasteiger partial charge in [-0.2, -0.15) is 0 Å². The molecular formula is C62H67N. The molecule has 0 radical (unpaired) electrons. The summed E-state index contributed by atoms with van der Waals surface area (Å²) in [6.07, 6.45) is 24.2. The van der Waals surface area contributed by atoms with E-state index in [0.29, 0.717) is 0 Å². The Morgan fingerprint density at radius 2 is 1.37 bits per heavy atom. The van der Waals surface area contributed by atoms with Crippen LogP contribution in [0.4, 0.5) is 5.69 Å². The van der Waals surface area contributed by atoms with Gasteiger partial charge < -0.3 is 4.90 Å². The van der Waals surface area contributed by atoms with Gasteiger partial charge in [0.15, 0.2) is 0 Å². The van der Waals surface area contributed by atoms with E-state index in [2.05, 4.69) is 214 Å².